The third kappa shape index (κ3) is 4.03. The molecular weight excluding hydrogens is 450 g/mol. The molecule has 6 nitrogen and oxygen atoms in total. The van der Waals surface area contributed by atoms with E-state index in [2.05, 4.69) is 15.7 Å². The Labute approximate surface area is 202 Å². The SMILES string of the molecule is Cc1ccc(NC(=O)c2cnn3c2NC2=C(C(=O)CC(C)(C)C2)C3c2ccc(F)c(F)c2)cc1C. The molecule has 5 rings (SSSR count). The molecule has 2 N–H and O–H groups in total. The minimum atomic E-state index is -1.01. The summed E-state index contributed by atoms with van der Waals surface area (Å²) in [5, 5.41) is 10.6. The van der Waals surface area contributed by atoms with Crippen molar-refractivity contribution in [2.24, 2.45) is 5.41 Å². The van der Waals surface area contributed by atoms with E-state index in [4.69, 9.17) is 0 Å². The molecule has 35 heavy (non-hydrogen) atoms. The Hall–Kier alpha value is -3.81. The molecule has 8 heteroatoms. The fourth-order valence-electron chi connectivity index (χ4n) is 4.89. The lowest BCUT2D eigenvalue weighted by atomic mass is 9.73. The summed E-state index contributed by atoms with van der Waals surface area (Å²) >= 11 is 0. The first-order valence-electron chi connectivity index (χ1n) is 11.5. The second-order valence-corrected chi connectivity index (χ2v) is 10.1. The Bertz CT molecular complexity index is 1420. The zero-order valence-electron chi connectivity index (χ0n) is 20.0. The molecule has 0 saturated heterocycles. The molecule has 1 amide bonds. The second kappa shape index (κ2) is 8.15. The van der Waals surface area contributed by atoms with Gasteiger partial charge in [0.05, 0.1) is 6.20 Å². The number of amides is 1. The predicted octanol–water partition coefficient (Wildman–Crippen LogP) is 5.69. The van der Waals surface area contributed by atoms with E-state index in [1.807, 2.05) is 45.9 Å². The van der Waals surface area contributed by atoms with Gasteiger partial charge >= 0.3 is 0 Å². The van der Waals surface area contributed by atoms with Crippen molar-refractivity contribution in [3.8, 4) is 0 Å². The minimum Gasteiger partial charge on any atom is -0.343 e. The van der Waals surface area contributed by atoms with Crippen molar-refractivity contribution in [2.75, 3.05) is 10.6 Å². The van der Waals surface area contributed by atoms with Crippen LogP contribution in [-0.4, -0.2) is 21.5 Å². The number of Topliss-reactive ketones (excluding diaryl/α,β-unsaturated/α-hetero) is 1. The molecule has 0 saturated carbocycles. The number of fused-ring (bicyclic) bond motifs is 1. The molecule has 0 radical (unpaired) electrons. The molecule has 180 valence electrons. The van der Waals surface area contributed by atoms with Crippen LogP contribution in [0.15, 0.2) is 53.9 Å². The molecule has 0 bridgehead atoms. The van der Waals surface area contributed by atoms with Gasteiger partial charge in [0.2, 0.25) is 0 Å². The van der Waals surface area contributed by atoms with E-state index in [1.54, 1.807) is 0 Å². The van der Waals surface area contributed by atoms with E-state index in [-0.39, 0.29) is 22.7 Å². The summed E-state index contributed by atoms with van der Waals surface area (Å²) in [7, 11) is 0. The lowest BCUT2D eigenvalue weighted by Crippen LogP contribution is -2.37. The Balaban J connectivity index is 1.60. The van der Waals surface area contributed by atoms with Crippen molar-refractivity contribution in [1.82, 2.24) is 9.78 Å². The number of aryl methyl sites for hydroxylation is 2. The number of halogens is 2. The molecule has 1 atom stereocenters. The lowest BCUT2D eigenvalue weighted by molar-refractivity contribution is -0.118. The van der Waals surface area contributed by atoms with E-state index in [0.717, 1.165) is 23.3 Å². The van der Waals surface area contributed by atoms with Crippen molar-refractivity contribution >= 4 is 23.2 Å². The number of anilines is 2. The normalized spacial score (nSPS) is 18.6. The first-order chi connectivity index (χ1) is 16.5. The molecule has 2 aliphatic rings. The first kappa shape index (κ1) is 23.0. The lowest BCUT2D eigenvalue weighted by Gasteiger charge is -2.39. The highest BCUT2D eigenvalue weighted by Crippen LogP contribution is 2.46. The highest BCUT2D eigenvalue weighted by Gasteiger charge is 2.42. The summed E-state index contributed by atoms with van der Waals surface area (Å²) in [5.74, 6) is -2.02. The van der Waals surface area contributed by atoms with Crippen molar-refractivity contribution in [1.29, 1.82) is 0 Å². The van der Waals surface area contributed by atoms with Crippen LogP contribution in [0, 0.1) is 30.9 Å². The van der Waals surface area contributed by atoms with Crippen LogP contribution in [0.1, 0.15) is 59.8 Å². The number of hydrogen-bond acceptors (Lipinski definition) is 4. The molecule has 1 aliphatic carbocycles. The van der Waals surface area contributed by atoms with E-state index in [9.17, 15) is 18.4 Å². The average Bonchev–Trinajstić information content (AvgIpc) is 3.19. The van der Waals surface area contributed by atoms with E-state index in [1.165, 1.54) is 16.9 Å². The van der Waals surface area contributed by atoms with Gasteiger partial charge < -0.3 is 10.6 Å². The smallest absolute Gasteiger partial charge is 0.261 e. The van der Waals surface area contributed by atoms with Crippen molar-refractivity contribution < 1.29 is 18.4 Å². The zero-order chi connectivity index (χ0) is 25.1. The van der Waals surface area contributed by atoms with Gasteiger partial charge in [-0.3, -0.25) is 9.59 Å². The number of allylic oxidation sites excluding steroid dienone is 2. The molecule has 2 heterocycles. The van der Waals surface area contributed by atoms with E-state index < -0.39 is 17.7 Å². The van der Waals surface area contributed by atoms with Crippen molar-refractivity contribution in [3.05, 3.63) is 87.8 Å². The van der Waals surface area contributed by atoms with Gasteiger partial charge in [-0.2, -0.15) is 5.10 Å². The fourth-order valence-corrected chi connectivity index (χ4v) is 4.89. The Morgan fingerprint density at radius 3 is 2.57 bits per heavy atom. The number of carbonyl (C=O) groups is 2. The predicted molar refractivity (Wildman–Crippen MR) is 129 cm³/mol. The molecule has 0 fully saturated rings. The maximum Gasteiger partial charge on any atom is 0.261 e. The maximum absolute atomic E-state index is 14.2. The number of nitrogens with one attached hydrogen (secondary N) is 2. The largest absolute Gasteiger partial charge is 0.343 e. The number of carbonyl (C=O) groups excluding carboxylic acids is 2. The number of nitrogens with zero attached hydrogens (tertiary/aromatic N) is 2. The molecule has 1 unspecified atom stereocenters. The van der Waals surface area contributed by atoms with E-state index >= 15 is 0 Å². The van der Waals surface area contributed by atoms with Gasteiger partial charge in [-0.15, -0.1) is 0 Å². The van der Waals surface area contributed by atoms with Crippen molar-refractivity contribution in [2.45, 2.75) is 46.6 Å². The molecule has 3 aromatic rings. The van der Waals surface area contributed by atoms with Crippen LogP contribution in [-0.2, 0) is 4.79 Å². The molecule has 1 aliphatic heterocycles. The maximum atomic E-state index is 14.2. The fraction of sp³-hybridized carbons (Fsp3) is 0.296. The summed E-state index contributed by atoms with van der Waals surface area (Å²) in [6, 6.07) is 8.46. The topological polar surface area (TPSA) is 76.0 Å². The van der Waals surface area contributed by atoms with Crippen LogP contribution in [0.3, 0.4) is 0 Å². The van der Waals surface area contributed by atoms with Gasteiger partial charge in [0, 0.05) is 23.4 Å². The van der Waals surface area contributed by atoms with Gasteiger partial charge in [-0.05, 0) is 66.6 Å². The molecular formula is C27H26F2N4O2. The number of rotatable bonds is 3. The third-order valence-electron chi connectivity index (χ3n) is 6.77. The Kier molecular flexibility index (Phi) is 5.34. The van der Waals surface area contributed by atoms with Crippen LogP contribution in [0.4, 0.5) is 20.3 Å². The standard InChI is InChI=1S/C27H26F2N4O2/c1-14-5-7-17(9-15(14)2)31-26(35)18-13-30-33-24(16-6-8-19(28)20(29)10-16)23-21(32-25(18)33)11-27(3,4)12-22(23)34/h5-10,13,24,32H,11-12H2,1-4H3,(H,31,35). The quantitative estimate of drug-likeness (QED) is 0.509. The second-order valence-electron chi connectivity index (χ2n) is 10.1. The van der Waals surface area contributed by atoms with Gasteiger partial charge in [0.1, 0.15) is 17.4 Å². The third-order valence-corrected chi connectivity index (χ3v) is 6.77. The highest BCUT2D eigenvalue weighted by molar-refractivity contribution is 6.08. The number of hydrogen-bond donors (Lipinski definition) is 2. The van der Waals surface area contributed by atoms with Crippen LogP contribution in [0.2, 0.25) is 0 Å². The molecule has 2 aromatic carbocycles. The summed E-state index contributed by atoms with van der Waals surface area (Å²) in [5.41, 5.74) is 4.35. The van der Waals surface area contributed by atoms with Gasteiger partial charge in [0.25, 0.3) is 5.91 Å². The van der Waals surface area contributed by atoms with Gasteiger partial charge in [-0.1, -0.05) is 26.0 Å². The number of benzene rings is 2. The minimum absolute atomic E-state index is 0.0826. The van der Waals surface area contributed by atoms with Crippen molar-refractivity contribution in [3.63, 3.8) is 0 Å². The highest BCUT2D eigenvalue weighted by atomic mass is 19.2. The average molecular weight is 477 g/mol. The Morgan fingerprint density at radius 1 is 1.09 bits per heavy atom. The monoisotopic (exact) mass is 476 g/mol. The summed E-state index contributed by atoms with van der Waals surface area (Å²) < 4.78 is 29.4. The van der Waals surface area contributed by atoms with Crippen LogP contribution < -0.4 is 10.6 Å². The summed E-state index contributed by atoms with van der Waals surface area (Å²) in [6.45, 7) is 7.97. The molecule has 0 spiro atoms. The van der Waals surface area contributed by atoms with E-state index in [0.29, 0.717) is 41.2 Å². The summed E-state index contributed by atoms with van der Waals surface area (Å²) in [6.07, 6.45) is 2.32. The summed E-state index contributed by atoms with van der Waals surface area (Å²) in [4.78, 5) is 26.5. The van der Waals surface area contributed by atoms with Crippen LogP contribution in [0.25, 0.3) is 0 Å². The first-order valence-corrected chi connectivity index (χ1v) is 11.5. The number of aromatic nitrogens is 2. The zero-order valence-corrected chi connectivity index (χ0v) is 20.0. The Morgan fingerprint density at radius 2 is 1.86 bits per heavy atom. The van der Waals surface area contributed by atoms with Gasteiger partial charge in [-0.25, -0.2) is 13.5 Å². The van der Waals surface area contributed by atoms with Crippen LogP contribution >= 0.6 is 0 Å². The number of ketones is 1. The molecule has 1 aromatic heterocycles. The van der Waals surface area contributed by atoms with Gasteiger partial charge in [0.15, 0.2) is 17.4 Å². The van der Waals surface area contributed by atoms with Crippen LogP contribution in [0.5, 0.6) is 0 Å².